The molecule has 1 amide bonds. The van der Waals surface area contributed by atoms with E-state index in [4.69, 9.17) is 15.1 Å². The molecule has 0 unspecified atom stereocenters. The van der Waals surface area contributed by atoms with Crippen LogP contribution in [0.2, 0.25) is 0 Å². The number of anilines is 1. The predicted octanol–water partition coefficient (Wildman–Crippen LogP) is -0.817. The molecule has 0 atom stereocenters. The predicted molar refractivity (Wildman–Crippen MR) is 66.0 cm³/mol. The van der Waals surface area contributed by atoms with E-state index in [1.807, 2.05) is 22.6 Å². The molecule has 4 N–H and O–H groups in total. The van der Waals surface area contributed by atoms with Crippen LogP contribution in [0.1, 0.15) is 0 Å². The lowest BCUT2D eigenvalue weighted by atomic mass is 9.71. The maximum Gasteiger partial charge on any atom is 0.402 e. The fraction of sp³-hybridized carbons (Fsp3) is 0.125. The molecule has 82 valence electrons. The minimum Gasteiger partial charge on any atom is -0.556 e. The van der Waals surface area contributed by atoms with Crippen molar-refractivity contribution in [1.82, 2.24) is 0 Å². The Morgan fingerprint density at radius 2 is 2.07 bits per heavy atom. The molecule has 0 radical (unpaired) electrons. The van der Waals surface area contributed by atoms with Gasteiger partial charge < -0.3 is 20.4 Å². The van der Waals surface area contributed by atoms with Gasteiger partial charge in [0, 0.05) is 5.69 Å². The van der Waals surface area contributed by atoms with Gasteiger partial charge in [0.2, 0.25) is 5.91 Å². The molecule has 1 aromatic rings. The molecule has 5 nitrogen and oxygen atoms in total. The van der Waals surface area contributed by atoms with Crippen LogP contribution in [0.5, 0.6) is 0 Å². The Labute approximate surface area is 100 Å². The zero-order valence-corrected chi connectivity index (χ0v) is 9.88. The number of rotatable bonds is 3. The van der Waals surface area contributed by atoms with Crippen molar-refractivity contribution < 1.29 is 19.9 Å². The van der Waals surface area contributed by atoms with E-state index in [1.54, 1.807) is 6.07 Å². The largest absolute Gasteiger partial charge is 0.556 e. The van der Waals surface area contributed by atoms with Crippen molar-refractivity contribution >= 4 is 46.4 Å². The van der Waals surface area contributed by atoms with Gasteiger partial charge >= 0.3 is 6.75 Å². The highest BCUT2D eigenvalue weighted by atomic mass is 127. The van der Waals surface area contributed by atoms with Crippen molar-refractivity contribution in [1.29, 1.82) is 0 Å². The minimum atomic E-state index is -3.51. The van der Waals surface area contributed by atoms with Crippen molar-refractivity contribution in [2.75, 3.05) is 9.74 Å². The molecule has 1 aromatic carbocycles. The lowest BCUT2D eigenvalue weighted by molar-refractivity contribution is -0.113. The Bertz CT molecular complexity index is 366. The van der Waals surface area contributed by atoms with E-state index in [9.17, 15) is 4.79 Å². The summed E-state index contributed by atoms with van der Waals surface area (Å²) in [5, 5.41) is 29.4. The first-order valence-corrected chi connectivity index (χ1v) is 5.74. The van der Waals surface area contributed by atoms with E-state index in [0.717, 1.165) is 0 Å². The van der Waals surface area contributed by atoms with Crippen molar-refractivity contribution in [2.24, 2.45) is 0 Å². The van der Waals surface area contributed by atoms with Crippen LogP contribution < -0.4 is 10.8 Å². The number of carbonyl (C=O) groups is 1. The van der Waals surface area contributed by atoms with Gasteiger partial charge in [0.05, 0.1) is 4.43 Å². The molecular weight excluding hydrogens is 312 g/mol. The Balaban J connectivity index is 2.88. The molecule has 15 heavy (non-hydrogen) atoms. The van der Waals surface area contributed by atoms with Gasteiger partial charge in [-0.1, -0.05) is 40.8 Å². The van der Waals surface area contributed by atoms with E-state index in [-0.39, 0.29) is 11.4 Å². The number of halogens is 1. The van der Waals surface area contributed by atoms with Gasteiger partial charge in [0.25, 0.3) is 0 Å². The van der Waals surface area contributed by atoms with Crippen molar-refractivity contribution in [3.8, 4) is 0 Å². The summed E-state index contributed by atoms with van der Waals surface area (Å²) >= 11 is 1.91. The Morgan fingerprint density at radius 1 is 1.40 bits per heavy atom. The van der Waals surface area contributed by atoms with E-state index >= 15 is 0 Å². The van der Waals surface area contributed by atoms with Crippen molar-refractivity contribution in [3.63, 3.8) is 0 Å². The maximum absolute atomic E-state index is 11.0. The molecule has 0 aromatic heterocycles. The molecule has 0 aliphatic carbocycles. The lowest BCUT2D eigenvalue weighted by Crippen LogP contribution is -2.48. The van der Waals surface area contributed by atoms with Crippen LogP contribution in [-0.4, -0.2) is 32.2 Å². The Morgan fingerprint density at radius 3 is 2.60 bits per heavy atom. The topological polar surface area (TPSA) is 89.8 Å². The second-order valence-electron chi connectivity index (χ2n) is 3.04. The maximum atomic E-state index is 11.0. The van der Waals surface area contributed by atoms with Crippen LogP contribution in [0, 0.1) is 0 Å². The highest BCUT2D eigenvalue weighted by Gasteiger charge is 2.18. The SMILES string of the molecule is O=C(CI)Nc1cccc([B-](O)(O)O)c1. The quantitative estimate of drug-likeness (QED) is 0.333. The van der Waals surface area contributed by atoms with E-state index in [2.05, 4.69) is 5.32 Å². The molecule has 0 aliphatic rings. The number of benzene rings is 1. The summed E-state index contributed by atoms with van der Waals surface area (Å²) in [4.78, 5) is 11.0. The van der Waals surface area contributed by atoms with Crippen molar-refractivity contribution in [3.05, 3.63) is 24.3 Å². The Hall–Kier alpha value is -0.635. The van der Waals surface area contributed by atoms with Gasteiger partial charge in [-0.2, -0.15) is 0 Å². The number of nitrogens with one attached hydrogen (secondary N) is 1. The monoisotopic (exact) mass is 322 g/mol. The average Bonchev–Trinajstić information content (AvgIpc) is 2.17. The van der Waals surface area contributed by atoms with Gasteiger partial charge in [-0.05, 0) is 6.07 Å². The number of alkyl halides is 1. The summed E-state index contributed by atoms with van der Waals surface area (Å²) < 4.78 is 0.301. The van der Waals surface area contributed by atoms with Crippen molar-refractivity contribution in [2.45, 2.75) is 0 Å². The van der Waals surface area contributed by atoms with Crippen LogP contribution in [0.4, 0.5) is 5.69 Å². The second kappa shape index (κ2) is 4.93. The first-order chi connectivity index (χ1) is 6.93. The summed E-state index contributed by atoms with van der Waals surface area (Å²) in [6, 6.07) is 5.77. The second-order valence-corrected chi connectivity index (χ2v) is 3.80. The third-order valence-electron chi connectivity index (χ3n) is 1.74. The molecule has 0 fully saturated rings. The normalized spacial score (nSPS) is 11.2. The molecule has 0 aliphatic heterocycles. The van der Waals surface area contributed by atoms with Crippen LogP contribution in [0.15, 0.2) is 24.3 Å². The summed E-state index contributed by atoms with van der Waals surface area (Å²) in [5.74, 6) is -0.195. The fourth-order valence-electron chi connectivity index (χ4n) is 1.05. The molecular formula is C8H10BINO4-. The molecule has 0 saturated heterocycles. The number of carbonyl (C=O) groups excluding carboxylic acids is 1. The minimum absolute atomic E-state index is 0.0405. The zero-order chi connectivity index (χ0) is 11.5. The summed E-state index contributed by atoms with van der Waals surface area (Å²) in [6.07, 6.45) is 0. The molecule has 7 heteroatoms. The zero-order valence-electron chi connectivity index (χ0n) is 7.72. The van der Waals surface area contributed by atoms with E-state index in [1.165, 1.54) is 18.2 Å². The fourth-order valence-corrected chi connectivity index (χ4v) is 1.24. The summed E-state index contributed by atoms with van der Waals surface area (Å²) in [7, 11) is 0. The number of hydrogen-bond acceptors (Lipinski definition) is 4. The number of amides is 1. The van der Waals surface area contributed by atoms with Gasteiger partial charge in [-0.15, -0.1) is 5.46 Å². The first kappa shape index (κ1) is 12.4. The van der Waals surface area contributed by atoms with Gasteiger partial charge in [-0.3, -0.25) is 4.79 Å². The van der Waals surface area contributed by atoms with E-state index in [0.29, 0.717) is 10.1 Å². The van der Waals surface area contributed by atoms with Gasteiger partial charge in [0.1, 0.15) is 0 Å². The van der Waals surface area contributed by atoms with Gasteiger partial charge in [-0.25, -0.2) is 0 Å². The molecule has 0 saturated carbocycles. The van der Waals surface area contributed by atoms with Gasteiger partial charge in [0.15, 0.2) is 0 Å². The third kappa shape index (κ3) is 3.78. The average molecular weight is 322 g/mol. The molecule has 0 bridgehead atoms. The molecule has 0 heterocycles. The third-order valence-corrected chi connectivity index (χ3v) is 2.43. The van der Waals surface area contributed by atoms with Crippen LogP contribution in [-0.2, 0) is 4.79 Å². The van der Waals surface area contributed by atoms with Crippen LogP contribution >= 0.6 is 22.6 Å². The highest BCUT2D eigenvalue weighted by Crippen LogP contribution is 2.06. The molecule has 1 rings (SSSR count). The summed E-state index contributed by atoms with van der Waals surface area (Å²) in [6.45, 7) is -3.51. The lowest BCUT2D eigenvalue weighted by Gasteiger charge is -2.21. The van der Waals surface area contributed by atoms with Crippen LogP contribution in [0.3, 0.4) is 0 Å². The highest BCUT2D eigenvalue weighted by molar-refractivity contribution is 14.1. The standard InChI is InChI=1S/C8H10BINO4/c10-5-8(12)11-7-3-1-2-6(4-7)9(13,14)15/h1-4,13-15H,5H2,(H,11,12)/q-1. The van der Waals surface area contributed by atoms with Crippen LogP contribution in [0.25, 0.3) is 0 Å². The first-order valence-electron chi connectivity index (χ1n) is 4.21. The summed E-state index contributed by atoms with van der Waals surface area (Å²) in [5.41, 5.74) is 0.374. The van der Waals surface area contributed by atoms with E-state index < -0.39 is 6.75 Å². The Kier molecular flexibility index (Phi) is 4.08. The smallest absolute Gasteiger partial charge is 0.402 e. The number of hydrogen-bond donors (Lipinski definition) is 4. The molecule has 0 spiro atoms.